The fraction of sp³-hybridized carbons (Fsp3) is 0.462. The molecule has 0 heterocycles. The van der Waals surface area contributed by atoms with Gasteiger partial charge < -0.3 is 5.32 Å². The second kappa shape index (κ2) is 7.57. The zero-order valence-corrected chi connectivity index (χ0v) is 17.1. The van der Waals surface area contributed by atoms with Crippen molar-refractivity contribution in [2.75, 3.05) is 0 Å². The molecule has 1 atom stereocenters. The molecule has 1 amide bonds. The van der Waals surface area contributed by atoms with Gasteiger partial charge in [0.15, 0.2) is 0 Å². The Morgan fingerprint density at radius 3 is 2.48 bits per heavy atom. The van der Waals surface area contributed by atoms with Crippen LogP contribution >= 0.6 is 47.8 Å². The minimum atomic E-state index is -3.70. The lowest BCUT2D eigenvalue weighted by Gasteiger charge is -2.15. The molecule has 0 spiro atoms. The Balaban J connectivity index is 3.04. The van der Waals surface area contributed by atoms with Gasteiger partial charge in [-0.15, -0.1) is 0 Å². The van der Waals surface area contributed by atoms with E-state index in [9.17, 15) is 13.2 Å². The first-order valence-electron chi connectivity index (χ1n) is 6.32. The molecule has 8 heteroatoms. The maximum absolute atomic E-state index is 12.3. The third-order valence-electron chi connectivity index (χ3n) is 2.81. The molecule has 0 saturated carbocycles. The standard InChI is InChI=1S/C13H16Br3NO3S/c1-3-5-9(2)17-12(18)10-6-4-7-11(8-10)21(19,20)13(14,15)16/h4,6-9H,3,5H2,1-2H3,(H,17,18). The van der Waals surface area contributed by atoms with Gasteiger partial charge in [0.25, 0.3) is 5.91 Å². The van der Waals surface area contributed by atoms with Gasteiger partial charge in [-0.2, -0.15) is 0 Å². The van der Waals surface area contributed by atoms with E-state index in [1.165, 1.54) is 12.1 Å². The summed E-state index contributed by atoms with van der Waals surface area (Å²) in [6.07, 6.45) is 1.84. The third-order valence-corrected chi connectivity index (χ3v) is 8.13. The Kier molecular flexibility index (Phi) is 6.89. The van der Waals surface area contributed by atoms with Crippen molar-refractivity contribution in [1.82, 2.24) is 5.32 Å². The summed E-state index contributed by atoms with van der Waals surface area (Å²) in [6, 6.07) is 5.99. The molecule has 0 bridgehead atoms. The summed E-state index contributed by atoms with van der Waals surface area (Å²) in [4.78, 5) is 12.2. The van der Waals surface area contributed by atoms with E-state index in [0.717, 1.165) is 12.8 Å². The van der Waals surface area contributed by atoms with Crippen LogP contribution in [0.5, 0.6) is 0 Å². The SMILES string of the molecule is CCCC(C)NC(=O)c1cccc(S(=O)(=O)C(Br)(Br)Br)c1. The Morgan fingerprint density at radius 2 is 1.95 bits per heavy atom. The number of sulfone groups is 1. The zero-order chi connectivity index (χ0) is 16.3. The number of rotatable bonds is 5. The van der Waals surface area contributed by atoms with Crippen LogP contribution in [-0.4, -0.2) is 21.8 Å². The molecule has 1 rings (SSSR count). The van der Waals surface area contributed by atoms with Crippen LogP contribution in [0.25, 0.3) is 0 Å². The average Bonchev–Trinajstić information content (AvgIpc) is 2.37. The first-order chi connectivity index (χ1) is 9.59. The minimum Gasteiger partial charge on any atom is -0.350 e. The van der Waals surface area contributed by atoms with Gasteiger partial charge in [-0.3, -0.25) is 4.79 Å². The van der Waals surface area contributed by atoms with Gasteiger partial charge in [-0.05, 0) is 79.3 Å². The highest BCUT2D eigenvalue weighted by molar-refractivity contribution is 9.42. The van der Waals surface area contributed by atoms with Crippen molar-refractivity contribution < 1.29 is 13.2 Å². The van der Waals surface area contributed by atoms with Gasteiger partial charge in [0.1, 0.15) is 0 Å². The number of nitrogens with one attached hydrogen (secondary N) is 1. The molecule has 0 radical (unpaired) electrons. The molecule has 0 saturated heterocycles. The van der Waals surface area contributed by atoms with Gasteiger partial charge in [-0.1, -0.05) is 19.4 Å². The fourth-order valence-corrected chi connectivity index (χ4v) is 4.24. The van der Waals surface area contributed by atoms with Crippen molar-refractivity contribution in [1.29, 1.82) is 0 Å². The number of hydrogen-bond acceptors (Lipinski definition) is 3. The molecule has 118 valence electrons. The summed E-state index contributed by atoms with van der Waals surface area (Å²) in [5.41, 5.74) is 0.316. The predicted octanol–water partition coefficient (Wildman–Crippen LogP) is 4.17. The molecule has 0 aromatic heterocycles. The molecule has 4 nitrogen and oxygen atoms in total. The van der Waals surface area contributed by atoms with Gasteiger partial charge in [0.2, 0.25) is 11.3 Å². The second-order valence-electron chi connectivity index (χ2n) is 4.64. The summed E-state index contributed by atoms with van der Waals surface area (Å²) >= 11 is 9.01. The minimum absolute atomic E-state index is 0.0453. The Hall–Kier alpha value is 0.0800. The zero-order valence-electron chi connectivity index (χ0n) is 11.6. The largest absolute Gasteiger partial charge is 0.350 e. The monoisotopic (exact) mass is 503 g/mol. The molecule has 1 unspecified atom stereocenters. The average molecular weight is 506 g/mol. The van der Waals surface area contributed by atoms with Crippen molar-refractivity contribution in [2.24, 2.45) is 0 Å². The van der Waals surface area contributed by atoms with Crippen LogP contribution in [-0.2, 0) is 9.84 Å². The summed E-state index contributed by atoms with van der Waals surface area (Å²) in [7, 11) is -3.70. The van der Waals surface area contributed by atoms with Gasteiger partial charge in [0, 0.05) is 11.6 Å². The Morgan fingerprint density at radius 1 is 1.33 bits per heavy atom. The molecule has 0 aliphatic heterocycles. The molecule has 0 aliphatic carbocycles. The van der Waals surface area contributed by atoms with E-state index in [0.29, 0.717) is 5.56 Å². The van der Waals surface area contributed by atoms with E-state index in [1.54, 1.807) is 12.1 Å². The van der Waals surface area contributed by atoms with E-state index in [2.05, 4.69) is 53.1 Å². The smallest absolute Gasteiger partial charge is 0.251 e. The Bertz CT molecular complexity index is 611. The van der Waals surface area contributed by atoms with E-state index in [4.69, 9.17) is 0 Å². The number of alkyl halides is 3. The first kappa shape index (κ1) is 19.1. The first-order valence-corrected chi connectivity index (χ1v) is 10.2. The van der Waals surface area contributed by atoms with Crippen molar-refractivity contribution >= 4 is 63.5 Å². The van der Waals surface area contributed by atoms with Gasteiger partial charge in [-0.25, -0.2) is 8.42 Å². The van der Waals surface area contributed by atoms with Gasteiger partial charge in [0.05, 0.1) is 4.90 Å². The third kappa shape index (κ3) is 5.04. The van der Waals surface area contributed by atoms with E-state index < -0.39 is 11.3 Å². The molecule has 1 aromatic carbocycles. The normalized spacial score (nSPS) is 13.8. The van der Waals surface area contributed by atoms with Crippen LogP contribution in [0.3, 0.4) is 0 Å². The number of carbonyl (C=O) groups excluding carboxylic acids is 1. The molecule has 0 fully saturated rings. The fourth-order valence-electron chi connectivity index (χ4n) is 1.75. The molecular weight excluding hydrogens is 490 g/mol. The highest BCUT2D eigenvalue weighted by Crippen LogP contribution is 2.43. The summed E-state index contributed by atoms with van der Waals surface area (Å²) < 4.78 is 23.1. The lowest BCUT2D eigenvalue weighted by Crippen LogP contribution is -2.32. The van der Waals surface area contributed by atoms with Gasteiger partial charge >= 0.3 is 0 Å². The number of amides is 1. The maximum Gasteiger partial charge on any atom is 0.251 e. The molecule has 1 N–H and O–H groups in total. The topological polar surface area (TPSA) is 63.2 Å². The molecule has 21 heavy (non-hydrogen) atoms. The quantitative estimate of drug-likeness (QED) is 0.611. The van der Waals surface area contributed by atoms with Crippen LogP contribution < -0.4 is 5.32 Å². The molecule has 1 aromatic rings. The van der Waals surface area contributed by atoms with Crippen LogP contribution in [0.1, 0.15) is 37.0 Å². The highest BCUT2D eigenvalue weighted by atomic mass is 80.0. The number of hydrogen-bond donors (Lipinski definition) is 1. The summed E-state index contributed by atoms with van der Waals surface area (Å²) in [6.45, 7) is 3.96. The van der Waals surface area contributed by atoms with E-state index in [-0.39, 0.29) is 16.8 Å². The van der Waals surface area contributed by atoms with Crippen LogP contribution in [0.4, 0.5) is 0 Å². The number of carbonyl (C=O) groups is 1. The van der Waals surface area contributed by atoms with Crippen LogP contribution in [0.15, 0.2) is 29.2 Å². The molecule has 0 aliphatic rings. The van der Waals surface area contributed by atoms with Crippen molar-refractivity contribution in [2.45, 2.75) is 39.1 Å². The van der Waals surface area contributed by atoms with Crippen molar-refractivity contribution in [3.63, 3.8) is 0 Å². The number of halogens is 3. The lowest BCUT2D eigenvalue weighted by molar-refractivity contribution is 0.0938. The van der Waals surface area contributed by atoms with Crippen LogP contribution in [0.2, 0.25) is 0 Å². The highest BCUT2D eigenvalue weighted by Gasteiger charge is 2.37. The van der Waals surface area contributed by atoms with E-state index >= 15 is 0 Å². The van der Waals surface area contributed by atoms with E-state index in [1.807, 2.05) is 13.8 Å². The Labute approximate surface area is 150 Å². The summed E-state index contributed by atoms with van der Waals surface area (Å²) in [5, 5.41) is 2.85. The molecular formula is C13H16Br3NO3S. The maximum atomic E-state index is 12.3. The van der Waals surface area contributed by atoms with Crippen LogP contribution in [0, 0.1) is 0 Å². The summed E-state index contributed by atoms with van der Waals surface area (Å²) in [5.74, 6) is -0.280. The van der Waals surface area contributed by atoms with Crippen molar-refractivity contribution in [3.8, 4) is 0 Å². The number of benzene rings is 1. The second-order valence-corrected chi connectivity index (χ2v) is 15.1. The lowest BCUT2D eigenvalue weighted by atomic mass is 10.1. The predicted molar refractivity (Wildman–Crippen MR) is 95.0 cm³/mol. The van der Waals surface area contributed by atoms with Crippen molar-refractivity contribution in [3.05, 3.63) is 29.8 Å².